The standard InChI is InChI=1S/C20H22O4/c1-6-14-12(2)17(21)11-16-13-7-8-18(22)19(3,23-4)15(13)9-10-20(14,16)24-5/h6-8,11H,1,9-10H2,2-5H3/t19-,20+/m1/s1. The van der Waals surface area contributed by atoms with Crippen molar-refractivity contribution in [2.24, 2.45) is 0 Å². The Morgan fingerprint density at radius 2 is 1.92 bits per heavy atom. The Hall–Kier alpha value is -2.04. The molecule has 0 saturated carbocycles. The summed E-state index contributed by atoms with van der Waals surface area (Å²) in [6, 6.07) is 0. The van der Waals surface area contributed by atoms with Gasteiger partial charge in [0.1, 0.15) is 11.2 Å². The number of carbonyl (C=O) groups excluding carboxylic acids is 2. The summed E-state index contributed by atoms with van der Waals surface area (Å²) in [5.74, 6) is -0.127. The van der Waals surface area contributed by atoms with Crippen LogP contribution in [0.1, 0.15) is 26.7 Å². The molecular weight excluding hydrogens is 304 g/mol. The van der Waals surface area contributed by atoms with Crippen molar-refractivity contribution in [2.45, 2.75) is 37.9 Å². The van der Waals surface area contributed by atoms with Gasteiger partial charge in [-0.2, -0.15) is 0 Å². The van der Waals surface area contributed by atoms with Crippen LogP contribution in [0.25, 0.3) is 0 Å². The molecule has 3 rings (SSSR count). The lowest BCUT2D eigenvalue weighted by Crippen LogP contribution is -2.48. The zero-order valence-corrected chi connectivity index (χ0v) is 14.6. The van der Waals surface area contributed by atoms with Gasteiger partial charge in [0, 0.05) is 19.8 Å². The average molecular weight is 326 g/mol. The zero-order chi connectivity index (χ0) is 17.7. The lowest BCUT2D eigenvalue weighted by molar-refractivity contribution is -0.130. The van der Waals surface area contributed by atoms with Crippen LogP contribution in [0.5, 0.6) is 0 Å². The van der Waals surface area contributed by atoms with E-state index in [2.05, 4.69) is 6.58 Å². The van der Waals surface area contributed by atoms with Gasteiger partial charge < -0.3 is 9.47 Å². The van der Waals surface area contributed by atoms with E-state index in [4.69, 9.17) is 9.47 Å². The fourth-order valence-electron chi connectivity index (χ4n) is 4.12. The SMILES string of the molecule is C=CC1=C(C)C(=O)C=C2C3=C(CC[C@@]21OC)[C@@](C)(OC)C(=O)C=C3. The van der Waals surface area contributed by atoms with Gasteiger partial charge in [-0.15, -0.1) is 0 Å². The molecule has 0 spiro atoms. The van der Waals surface area contributed by atoms with E-state index < -0.39 is 11.2 Å². The molecule has 0 saturated heterocycles. The highest BCUT2D eigenvalue weighted by molar-refractivity contribution is 6.09. The van der Waals surface area contributed by atoms with Crippen LogP contribution in [-0.4, -0.2) is 37.0 Å². The van der Waals surface area contributed by atoms with E-state index >= 15 is 0 Å². The molecule has 0 fully saturated rings. The molecule has 4 heteroatoms. The first-order chi connectivity index (χ1) is 11.4. The second kappa shape index (κ2) is 5.50. The van der Waals surface area contributed by atoms with Gasteiger partial charge in [-0.25, -0.2) is 0 Å². The van der Waals surface area contributed by atoms with E-state index in [1.807, 2.05) is 0 Å². The number of hydrogen-bond acceptors (Lipinski definition) is 4. The molecule has 0 radical (unpaired) electrons. The minimum atomic E-state index is -0.988. The fraction of sp³-hybridized carbons (Fsp3) is 0.400. The molecule has 2 atom stereocenters. The number of allylic oxidation sites excluding steroid dienone is 3. The van der Waals surface area contributed by atoms with Gasteiger partial charge in [0.15, 0.2) is 11.6 Å². The van der Waals surface area contributed by atoms with Gasteiger partial charge in [-0.3, -0.25) is 9.59 Å². The number of carbonyl (C=O) groups is 2. The Balaban J connectivity index is 2.27. The Morgan fingerprint density at radius 1 is 1.21 bits per heavy atom. The number of ether oxygens (including phenoxy) is 2. The lowest BCUT2D eigenvalue weighted by atomic mass is 9.63. The van der Waals surface area contributed by atoms with E-state index in [1.165, 1.54) is 6.08 Å². The van der Waals surface area contributed by atoms with Crippen molar-refractivity contribution in [3.63, 3.8) is 0 Å². The maximum Gasteiger partial charge on any atom is 0.191 e. The molecule has 0 aromatic rings. The lowest BCUT2D eigenvalue weighted by Gasteiger charge is -2.47. The summed E-state index contributed by atoms with van der Waals surface area (Å²) in [5.41, 5.74) is 2.35. The summed E-state index contributed by atoms with van der Waals surface area (Å²) < 4.78 is 11.5. The van der Waals surface area contributed by atoms with Crippen LogP contribution >= 0.6 is 0 Å². The molecule has 0 bridgehead atoms. The van der Waals surface area contributed by atoms with Gasteiger partial charge >= 0.3 is 0 Å². The van der Waals surface area contributed by atoms with Crippen LogP contribution in [0.15, 0.2) is 58.7 Å². The highest BCUT2D eigenvalue weighted by Crippen LogP contribution is 2.51. The highest BCUT2D eigenvalue weighted by Gasteiger charge is 2.50. The summed E-state index contributed by atoms with van der Waals surface area (Å²) in [5, 5.41) is 0. The summed E-state index contributed by atoms with van der Waals surface area (Å²) in [6.07, 6.45) is 7.95. The predicted octanol–water partition coefficient (Wildman–Crippen LogP) is 3.02. The maximum absolute atomic E-state index is 12.5. The summed E-state index contributed by atoms with van der Waals surface area (Å²) in [4.78, 5) is 24.8. The molecule has 3 aliphatic carbocycles. The minimum Gasteiger partial charge on any atom is -0.369 e. The Morgan fingerprint density at radius 3 is 2.50 bits per heavy atom. The van der Waals surface area contributed by atoms with Crippen LogP contribution in [0.3, 0.4) is 0 Å². The van der Waals surface area contributed by atoms with Crippen molar-refractivity contribution in [2.75, 3.05) is 14.2 Å². The van der Waals surface area contributed by atoms with Crippen LogP contribution in [-0.2, 0) is 19.1 Å². The number of ketones is 2. The van der Waals surface area contributed by atoms with Gasteiger partial charge in [0.25, 0.3) is 0 Å². The molecule has 0 amide bonds. The van der Waals surface area contributed by atoms with Crippen LogP contribution < -0.4 is 0 Å². The second-order valence-corrected chi connectivity index (χ2v) is 6.52. The minimum absolute atomic E-state index is 0.0502. The van der Waals surface area contributed by atoms with E-state index in [1.54, 1.807) is 46.3 Å². The molecule has 3 aliphatic rings. The third kappa shape index (κ3) is 1.93. The Kier molecular flexibility index (Phi) is 3.85. The summed E-state index contributed by atoms with van der Waals surface area (Å²) in [7, 11) is 3.19. The molecule has 0 N–H and O–H groups in total. The number of hydrogen-bond donors (Lipinski definition) is 0. The van der Waals surface area contributed by atoms with Gasteiger partial charge in [0.2, 0.25) is 0 Å². The molecule has 0 aromatic carbocycles. The number of fused-ring (bicyclic) bond motifs is 2. The first-order valence-corrected chi connectivity index (χ1v) is 8.03. The predicted molar refractivity (Wildman–Crippen MR) is 91.5 cm³/mol. The molecular formula is C20H22O4. The first kappa shape index (κ1) is 16.8. The average Bonchev–Trinajstić information content (AvgIpc) is 2.59. The van der Waals surface area contributed by atoms with Crippen LogP contribution in [0, 0.1) is 0 Å². The number of rotatable bonds is 3. The highest BCUT2D eigenvalue weighted by atomic mass is 16.5. The Bertz CT molecular complexity index is 777. The van der Waals surface area contributed by atoms with E-state index in [-0.39, 0.29) is 11.6 Å². The van der Waals surface area contributed by atoms with Gasteiger partial charge in [0.05, 0.1) is 0 Å². The summed E-state index contributed by atoms with van der Waals surface area (Å²) in [6.45, 7) is 7.47. The van der Waals surface area contributed by atoms with Gasteiger partial charge in [-0.05, 0) is 61.1 Å². The van der Waals surface area contributed by atoms with Crippen molar-refractivity contribution in [1.29, 1.82) is 0 Å². The third-order valence-corrected chi connectivity index (χ3v) is 5.67. The van der Waals surface area contributed by atoms with Crippen LogP contribution in [0.4, 0.5) is 0 Å². The number of methoxy groups -OCH3 is 2. The molecule has 0 aliphatic heterocycles. The largest absolute Gasteiger partial charge is 0.369 e. The van der Waals surface area contributed by atoms with Crippen molar-refractivity contribution >= 4 is 11.6 Å². The molecule has 4 nitrogen and oxygen atoms in total. The smallest absolute Gasteiger partial charge is 0.191 e. The van der Waals surface area contributed by atoms with Crippen molar-refractivity contribution in [1.82, 2.24) is 0 Å². The maximum atomic E-state index is 12.5. The molecule has 0 heterocycles. The molecule has 0 aromatic heterocycles. The van der Waals surface area contributed by atoms with Crippen LogP contribution in [0.2, 0.25) is 0 Å². The van der Waals surface area contributed by atoms with Crippen molar-refractivity contribution in [3.05, 3.63) is 58.7 Å². The Labute approximate surface area is 142 Å². The topological polar surface area (TPSA) is 52.6 Å². The molecule has 0 unspecified atom stereocenters. The normalized spacial score (nSPS) is 32.6. The van der Waals surface area contributed by atoms with E-state index in [0.29, 0.717) is 18.4 Å². The second-order valence-electron chi connectivity index (χ2n) is 6.52. The zero-order valence-electron chi connectivity index (χ0n) is 14.6. The molecule has 24 heavy (non-hydrogen) atoms. The monoisotopic (exact) mass is 326 g/mol. The third-order valence-electron chi connectivity index (χ3n) is 5.67. The van der Waals surface area contributed by atoms with Crippen molar-refractivity contribution in [3.8, 4) is 0 Å². The molecule has 126 valence electrons. The van der Waals surface area contributed by atoms with Gasteiger partial charge in [-0.1, -0.05) is 18.7 Å². The fourth-order valence-corrected chi connectivity index (χ4v) is 4.12. The van der Waals surface area contributed by atoms with Crippen molar-refractivity contribution < 1.29 is 19.1 Å². The summed E-state index contributed by atoms with van der Waals surface area (Å²) >= 11 is 0. The quantitative estimate of drug-likeness (QED) is 0.800. The van der Waals surface area contributed by atoms with E-state index in [9.17, 15) is 9.59 Å². The van der Waals surface area contributed by atoms with E-state index in [0.717, 1.165) is 22.3 Å². The first-order valence-electron chi connectivity index (χ1n) is 8.03.